The van der Waals surface area contributed by atoms with Crippen LogP contribution < -0.4 is 0 Å². The number of ether oxygens (including phenoxy) is 2. The summed E-state index contributed by atoms with van der Waals surface area (Å²) in [6, 6.07) is 0. The molecule has 0 bridgehead atoms. The zero-order chi connectivity index (χ0) is 17.4. The van der Waals surface area contributed by atoms with E-state index in [1.807, 2.05) is 13.0 Å². The minimum Gasteiger partial charge on any atom is -0.462 e. The highest BCUT2D eigenvalue weighted by Crippen LogP contribution is 2.38. The molecule has 0 aromatic rings. The van der Waals surface area contributed by atoms with Gasteiger partial charge in [-0.3, -0.25) is 4.79 Å². The van der Waals surface area contributed by atoms with Gasteiger partial charge in [0, 0.05) is 18.9 Å². The highest BCUT2D eigenvalue weighted by molar-refractivity contribution is 5.91. The Morgan fingerprint density at radius 3 is 2.78 bits per heavy atom. The van der Waals surface area contributed by atoms with Gasteiger partial charge in [-0.2, -0.15) is 0 Å². The zero-order valence-electron chi connectivity index (χ0n) is 13.7. The standard InChI is InChI=1S/C17H24O6/c1-9-5-6-14(19)17(4,21)8-13(22-11(3)18)15-10(2)16(20)23-12(15)7-9/h7,12-15,19,21H,2,5-6,8H2,1,3-4H3/b9-7+/t12-,13-,14?,15?,17?/m1/s1. The Hall–Kier alpha value is -1.66. The van der Waals surface area contributed by atoms with Gasteiger partial charge in [0.25, 0.3) is 0 Å². The maximum absolute atomic E-state index is 11.9. The summed E-state index contributed by atoms with van der Waals surface area (Å²) in [7, 11) is 0. The molecule has 6 heteroatoms. The number of allylic oxidation sites excluding steroid dienone is 1. The van der Waals surface area contributed by atoms with Gasteiger partial charge in [0.2, 0.25) is 0 Å². The first-order valence-electron chi connectivity index (χ1n) is 7.76. The van der Waals surface area contributed by atoms with Crippen molar-refractivity contribution in [2.45, 2.75) is 63.9 Å². The normalized spacial score (nSPS) is 40.7. The van der Waals surface area contributed by atoms with E-state index in [-0.39, 0.29) is 12.0 Å². The fraction of sp³-hybridized carbons (Fsp3) is 0.647. The van der Waals surface area contributed by atoms with Gasteiger partial charge < -0.3 is 19.7 Å². The molecule has 1 saturated heterocycles. The van der Waals surface area contributed by atoms with Crippen molar-refractivity contribution in [3.8, 4) is 0 Å². The minimum absolute atomic E-state index is 0.00252. The molecule has 1 aliphatic carbocycles. The number of esters is 2. The van der Waals surface area contributed by atoms with Crippen molar-refractivity contribution >= 4 is 11.9 Å². The molecule has 0 aromatic carbocycles. The SMILES string of the molecule is C=C1C(=O)O[C@@H]2/C=C(\C)CCC(O)C(C)(O)C[C@@H](OC(C)=O)C12. The van der Waals surface area contributed by atoms with Gasteiger partial charge >= 0.3 is 11.9 Å². The molecule has 1 aliphatic heterocycles. The molecule has 0 amide bonds. The second-order valence-electron chi connectivity index (χ2n) is 6.70. The number of aliphatic hydroxyl groups is 2. The van der Waals surface area contributed by atoms with Crippen molar-refractivity contribution in [2.75, 3.05) is 0 Å². The third-order valence-electron chi connectivity index (χ3n) is 4.57. The van der Waals surface area contributed by atoms with Gasteiger partial charge in [-0.1, -0.05) is 12.2 Å². The third-order valence-corrected chi connectivity index (χ3v) is 4.57. The summed E-state index contributed by atoms with van der Waals surface area (Å²) in [6.07, 6.45) is 0.402. The number of fused-ring (bicyclic) bond motifs is 1. The van der Waals surface area contributed by atoms with Crippen molar-refractivity contribution in [1.29, 1.82) is 0 Å². The van der Waals surface area contributed by atoms with E-state index in [4.69, 9.17) is 9.47 Å². The first-order chi connectivity index (χ1) is 10.6. The van der Waals surface area contributed by atoms with Crippen molar-refractivity contribution < 1.29 is 29.3 Å². The first kappa shape index (κ1) is 17.7. The fourth-order valence-electron chi connectivity index (χ4n) is 3.22. The van der Waals surface area contributed by atoms with Crippen molar-refractivity contribution in [1.82, 2.24) is 0 Å². The molecule has 2 aliphatic rings. The topological polar surface area (TPSA) is 93.1 Å². The number of aliphatic hydroxyl groups excluding tert-OH is 1. The van der Waals surface area contributed by atoms with Crippen LogP contribution in [0.3, 0.4) is 0 Å². The number of hydrogen-bond donors (Lipinski definition) is 2. The Morgan fingerprint density at radius 1 is 1.52 bits per heavy atom. The largest absolute Gasteiger partial charge is 0.462 e. The lowest BCUT2D eigenvalue weighted by atomic mass is 9.79. The molecule has 1 heterocycles. The molecule has 3 unspecified atom stereocenters. The Balaban J connectivity index is 2.44. The predicted molar refractivity (Wildman–Crippen MR) is 82.3 cm³/mol. The van der Waals surface area contributed by atoms with Gasteiger partial charge in [-0.05, 0) is 32.8 Å². The molecule has 0 saturated carbocycles. The minimum atomic E-state index is -1.45. The lowest BCUT2D eigenvalue weighted by Gasteiger charge is -2.36. The van der Waals surface area contributed by atoms with E-state index in [0.717, 1.165) is 5.57 Å². The monoisotopic (exact) mass is 324 g/mol. The summed E-state index contributed by atoms with van der Waals surface area (Å²) in [6.45, 7) is 8.40. The molecule has 0 spiro atoms. The molecule has 0 aromatic heterocycles. The van der Waals surface area contributed by atoms with E-state index in [2.05, 4.69) is 6.58 Å². The van der Waals surface area contributed by atoms with Crippen LogP contribution >= 0.6 is 0 Å². The van der Waals surface area contributed by atoms with E-state index in [1.165, 1.54) is 13.8 Å². The molecule has 23 heavy (non-hydrogen) atoms. The van der Waals surface area contributed by atoms with Crippen LogP contribution in [0.5, 0.6) is 0 Å². The van der Waals surface area contributed by atoms with E-state index >= 15 is 0 Å². The van der Waals surface area contributed by atoms with Crippen molar-refractivity contribution in [2.24, 2.45) is 5.92 Å². The molecule has 1 fully saturated rings. The second-order valence-corrected chi connectivity index (χ2v) is 6.70. The summed E-state index contributed by atoms with van der Waals surface area (Å²) in [5.74, 6) is -1.62. The molecule has 0 radical (unpaired) electrons. The van der Waals surface area contributed by atoms with Crippen LogP contribution in [0.25, 0.3) is 0 Å². The second kappa shape index (κ2) is 6.45. The van der Waals surface area contributed by atoms with Crippen molar-refractivity contribution in [3.05, 3.63) is 23.8 Å². The molecular weight excluding hydrogens is 300 g/mol. The molecule has 2 N–H and O–H groups in total. The summed E-state index contributed by atoms with van der Waals surface area (Å²) >= 11 is 0. The highest BCUT2D eigenvalue weighted by Gasteiger charge is 2.47. The fourth-order valence-corrected chi connectivity index (χ4v) is 3.22. The summed E-state index contributed by atoms with van der Waals surface area (Å²) in [5.41, 5.74) is -0.300. The van der Waals surface area contributed by atoms with E-state index < -0.39 is 41.8 Å². The van der Waals surface area contributed by atoms with Crippen LogP contribution in [0.1, 0.15) is 40.0 Å². The number of carbonyl (C=O) groups excluding carboxylic acids is 2. The summed E-state index contributed by atoms with van der Waals surface area (Å²) < 4.78 is 10.7. The van der Waals surface area contributed by atoms with Crippen LogP contribution in [0.2, 0.25) is 0 Å². The van der Waals surface area contributed by atoms with E-state index in [1.54, 1.807) is 0 Å². The maximum atomic E-state index is 11.9. The smallest absolute Gasteiger partial charge is 0.334 e. The maximum Gasteiger partial charge on any atom is 0.334 e. The van der Waals surface area contributed by atoms with Gasteiger partial charge in [0.15, 0.2) is 0 Å². The van der Waals surface area contributed by atoms with Crippen LogP contribution in [0.15, 0.2) is 23.8 Å². The number of hydrogen-bond acceptors (Lipinski definition) is 6. The van der Waals surface area contributed by atoms with Crippen molar-refractivity contribution in [3.63, 3.8) is 0 Å². The third kappa shape index (κ3) is 3.82. The number of rotatable bonds is 1. The molecule has 128 valence electrons. The van der Waals surface area contributed by atoms with Crippen LogP contribution in [-0.2, 0) is 19.1 Å². The Labute approximate surface area is 135 Å². The molecule has 5 atom stereocenters. The Kier molecular flexibility index (Phi) is 4.96. The van der Waals surface area contributed by atoms with Gasteiger partial charge in [-0.25, -0.2) is 4.79 Å². The Morgan fingerprint density at radius 2 is 2.17 bits per heavy atom. The van der Waals surface area contributed by atoms with E-state index in [9.17, 15) is 19.8 Å². The van der Waals surface area contributed by atoms with Crippen LogP contribution in [0.4, 0.5) is 0 Å². The quantitative estimate of drug-likeness (QED) is 0.428. The lowest BCUT2D eigenvalue weighted by Crippen LogP contribution is -2.46. The predicted octanol–water partition coefficient (Wildman–Crippen LogP) is 1.26. The zero-order valence-corrected chi connectivity index (χ0v) is 13.7. The van der Waals surface area contributed by atoms with Crippen LogP contribution in [0, 0.1) is 5.92 Å². The summed E-state index contributed by atoms with van der Waals surface area (Å²) in [4.78, 5) is 23.4. The molecule has 6 nitrogen and oxygen atoms in total. The van der Waals surface area contributed by atoms with Crippen LogP contribution in [-0.4, -0.2) is 46.1 Å². The first-order valence-corrected chi connectivity index (χ1v) is 7.76. The number of carbonyl (C=O) groups is 2. The van der Waals surface area contributed by atoms with Gasteiger partial charge in [0.1, 0.15) is 12.2 Å². The molecule has 2 rings (SSSR count). The Bertz CT molecular complexity index is 547. The average molecular weight is 324 g/mol. The summed E-state index contributed by atoms with van der Waals surface area (Å²) in [5, 5.41) is 20.8. The highest BCUT2D eigenvalue weighted by atomic mass is 16.6. The van der Waals surface area contributed by atoms with Gasteiger partial charge in [0.05, 0.1) is 17.6 Å². The van der Waals surface area contributed by atoms with E-state index in [0.29, 0.717) is 12.8 Å². The molecular formula is C17H24O6. The average Bonchev–Trinajstić information content (AvgIpc) is 2.68. The van der Waals surface area contributed by atoms with Gasteiger partial charge in [-0.15, -0.1) is 0 Å². The lowest BCUT2D eigenvalue weighted by molar-refractivity contribution is -0.157.